The molecule has 1 aromatic heterocycles. The van der Waals surface area contributed by atoms with Crippen LogP contribution in [0.5, 0.6) is 5.88 Å². The number of hydrogen-bond acceptors (Lipinski definition) is 6. The van der Waals surface area contributed by atoms with Crippen LogP contribution in [-0.4, -0.2) is 36.2 Å². The molecule has 0 spiro atoms. The van der Waals surface area contributed by atoms with Crippen molar-refractivity contribution in [2.75, 3.05) is 25.6 Å². The van der Waals surface area contributed by atoms with Crippen LogP contribution in [0.4, 0.5) is 5.95 Å². The highest BCUT2D eigenvalue weighted by Gasteiger charge is 2.05. The lowest BCUT2D eigenvalue weighted by atomic mass is 10.4. The minimum absolute atomic E-state index is 0.0333. The number of hydrogen-bond donors (Lipinski definition) is 1. The lowest BCUT2D eigenvalue weighted by Gasteiger charge is -2.07. The number of aromatic nitrogens is 2. The highest BCUT2D eigenvalue weighted by molar-refractivity contribution is 5.74. The molecule has 1 aromatic rings. The lowest BCUT2D eigenvalue weighted by Crippen LogP contribution is -2.17. The zero-order chi connectivity index (χ0) is 12.0. The van der Waals surface area contributed by atoms with Crippen molar-refractivity contribution in [1.29, 1.82) is 0 Å². The van der Waals surface area contributed by atoms with E-state index in [4.69, 9.17) is 4.74 Å². The van der Waals surface area contributed by atoms with Gasteiger partial charge in [0.2, 0.25) is 11.8 Å². The third-order valence-corrected chi connectivity index (χ3v) is 1.74. The molecule has 0 saturated carbocycles. The van der Waals surface area contributed by atoms with E-state index in [-0.39, 0.29) is 12.5 Å². The first-order valence-corrected chi connectivity index (χ1v) is 4.95. The van der Waals surface area contributed by atoms with E-state index in [2.05, 4.69) is 20.0 Å². The van der Waals surface area contributed by atoms with Crippen molar-refractivity contribution in [2.24, 2.45) is 0 Å². The molecule has 1 rings (SSSR count). The Kier molecular flexibility index (Phi) is 4.50. The van der Waals surface area contributed by atoms with Gasteiger partial charge in [-0.1, -0.05) is 0 Å². The first-order valence-electron chi connectivity index (χ1n) is 4.95. The number of carbonyl (C=O) groups excluding carboxylic acids is 1. The van der Waals surface area contributed by atoms with Gasteiger partial charge in [-0.15, -0.1) is 0 Å². The number of nitrogens with one attached hydrogen (secondary N) is 1. The van der Waals surface area contributed by atoms with Gasteiger partial charge in [0.05, 0.1) is 13.7 Å². The lowest BCUT2D eigenvalue weighted by molar-refractivity contribution is -0.138. The summed E-state index contributed by atoms with van der Waals surface area (Å²) in [5.41, 5.74) is 0.769. The SMILES string of the molecule is CCOc1cc(C)nc(NCC(=O)OC)n1. The van der Waals surface area contributed by atoms with Crippen LogP contribution in [0, 0.1) is 6.92 Å². The molecule has 0 aliphatic rings. The van der Waals surface area contributed by atoms with Crippen LogP contribution in [0.15, 0.2) is 6.07 Å². The Labute approximate surface area is 94.0 Å². The molecule has 0 saturated heterocycles. The Morgan fingerprint density at radius 2 is 2.25 bits per heavy atom. The summed E-state index contributed by atoms with van der Waals surface area (Å²) in [6.07, 6.45) is 0. The molecule has 0 fully saturated rings. The van der Waals surface area contributed by atoms with Crippen LogP contribution < -0.4 is 10.1 Å². The molecule has 1 heterocycles. The summed E-state index contributed by atoms with van der Waals surface area (Å²) in [6, 6.07) is 1.73. The smallest absolute Gasteiger partial charge is 0.325 e. The fourth-order valence-corrected chi connectivity index (χ4v) is 1.06. The van der Waals surface area contributed by atoms with E-state index < -0.39 is 0 Å². The van der Waals surface area contributed by atoms with Crippen LogP contribution in [0.3, 0.4) is 0 Å². The molecule has 6 heteroatoms. The summed E-state index contributed by atoms with van der Waals surface area (Å²) in [6.45, 7) is 4.27. The zero-order valence-corrected chi connectivity index (χ0v) is 9.61. The highest BCUT2D eigenvalue weighted by atomic mass is 16.5. The fraction of sp³-hybridized carbons (Fsp3) is 0.500. The maximum Gasteiger partial charge on any atom is 0.325 e. The van der Waals surface area contributed by atoms with Gasteiger partial charge in [-0.25, -0.2) is 4.98 Å². The van der Waals surface area contributed by atoms with Gasteiger partial charge in [0.1, 0.15) is 6.54 Å². The molecule has 1 N–H and O–H groups in total. The quantitative estimate of drug-likeness (QED) is 0.746. The maximum absolute atomic E-state index is 10.9. The zero-order valence-electron chi connectivity index (χ0n) is 9.61. The van der Waals surface area contributed by atoms with Crippen molar-refractivity contribution in [3.63, 3.8) is 0 Å². The molecular formula is C10H15N3O3. The molecule has 0 unspecified atom stereocenters. The number of anilines is 1. The Bertz CT molecular complexity index is 368. The van der Waals surface area contributed by atoms with Crippen LogP contribution in [0.1, 0.15) is 12.6 Å². The number of nitrogens with zero attached hydrogens (tertiary/aromatic N) is 2. The van der Waals surface area contributed by atoms with Crippen LogP contribution in [0.2, 0.25) is 0 Å². The normalized spacial score (nSPS) is 9.69. The summed E-state index contributed by atoms with van der Waals surface area (Å²) in [7, 11) is 1.33. The molecule has 88 valence electrons. The third-order valence-electron chi connectivity index (χ3n) is 1.74. The second kappa shape index (κ2) is 5.89. The van der Waals surface area contributed by atoms with Crippen LogP contribution in [-0.2, 0) is 9.53 Å². The van der Waals surface area contributed by atoms with Gasteiger partial charge >= 0.3 is 5.97 Å². The van der Waals surface area contributed by atoms with E-state index in [1.807, 2.05) is 13.8 Å². The Hall–Kier alpha value is -1.85. The molecule has 0 aliphatic carbocycles. The van der Waals surface area contributed by atoms with Crippen LogP contribution in [0.25, 0.3) is 0 Å². The summed E-state index contributed by atoms with van der Waals surface area (Å²) >= 11 is 0. The van der Waals surface area contributed by atoms with Crippen molar-refractivity contribution in [3.05, 3.63) is 11.8 Å². The molecule has 16 heavy (non-hydrogen) atoms. The van der Waals surface area contributed by atoms with Gasteiger partial charge in [0, 0.05) is 11.8 Å². The predicted octanol–water partition coefficient (Wildman–Crippen LogP) is 0.769. The van der Waals surface area contributed by atoms with Crippen molar-refractivity contribution >= 4 is 11.9 Å². The Morgan fingerprint density at radius 1 is 1.50 bits per heavy atom. The fourth-order valence-electron chi connectivity index (χ4n) is 1.06. The average Bonchev–Trinajstić information content (AvgIpc) is 2.25. The molecule has 0 bridgehead atoms. The number of rotatable bonds is 5. The third kappa shape index (κ3) is 3.72. The standard InChI is InChI=1S/C10H15N3O3/c1-4-16-8-5-7(2)12-10(13-8)11-6-9(14)15-3/h5H,4,6H2,1-3H3,(H,11,12,13). The van der Waals surface area contributed by atoms with Crippen molar-refractivity contribution in [3.8, 4) is 5.88 Å². The number of aryl methyl sites for hydroxylation is 1. The summed E-state index contributed by atoms with van der Waals surface area (Å²) in [5.74, 6) is 0.472. The van der Waals surface area contributed by atoms with Gasteiger partial charge in [-0.2, -0.15) is 4.98 Å². The summed E-state index contributed by atoms with van der Waals surface area (Å²) < 4.78 is 9.74. The average molecular weight is 225 g/mol. The summed E-state index contributed by atoms with van der Waals surface area (Å²) in [5, 5.41) is 2.76. The van der Waals surface area contributed by atoms with Gasteiger partial charge < -0.3 is 14.8 Å². The van der Waals surface area contributed by atoms with E-state index in [0.29, 0.717) is 18.4 Å². The molecule has 6 nitrogen and oxygen atoms in total. The minimum atomic E-state index is -0.372. The first-order chi connectivity index (χ1) is 7.65. The second-order valence-corrected chi connectivity index (χ2v) is 3.03. The minimum Gasteiger partial charge on any atom is -0.478 e. The van der Waals surface area contributed by atoms with Crippen molar-refractivity contribution < 1.29 is 14.3 Å². The Morgan fingerprint density at radius 3 is 2.88 bits per heavy atom. The van der Waals surface area contributed by atoms with E-state index in [0.717, 1.165) is 5.69 Å². The number of methoxy groups -OCH3 is 1. The van der Waals surface area contributed by atoms with Gasteiger partial charge in [-0.3, -0.25) is 4.79 Å². The maximum atomic E-state index is 10.9. The molecule has 0 amide bonds. The van der Waals surface area contributed by atoms with E-state index in [1.54, 1.807) is 6.07 Å². The molecule has 0 atom stereocenters. The van der Waals surface area contributed by atoms with Gasteiger partial charge in [0.25, 0.3) is 0 Å². The highest BCUT2D eigenvalue weighted by Crippen LogP contribution is 2.11. The first kappa shape index (κ1) is 12.2. The molecular weight excluding hydrogens is 210 g/mol. The molecule has 0 radical (unpaired) electrons. The van der Waals surface area contributed by atoms with E-state index in [1.165, 1.54) is 7.11 Å². The number of esters is 1. The second-order valence-electron chi connectivity index (χ2n) is 3.03. The largest absolute Gasteiger partial charge is 0.478 e. The van der Waals surface area contributed by atoms with Crippen LogP contribution >= 0.6 is 0 Å². The predicted molar refractivity (Wildman–Crippen MR) is 58.4 cm³/mol. The summed E-state index contributed by atoms with van der Waals surface area (Å²) in [4.78, 5) is 19.1. The Balaban J connectivity index is 2.68. The molecule has 0 aromatic carbocycles. The van der Waals surface area contributed by atoms with E-state index in [9.17, 15) is 4.79 Å². The topological polar surface area (TPSA) is 73.3 Å². The number of ether oxygens (including phenoxy) is 2. The van der Waals surface area contributed by atoms with Crippen molar-refractivity contribution in [2.45, 2.75) is 13.8 Å². The number of carbonyl (C=O) groups is 1. The van der Waals surface area contributed by atoms with E-state index >= 15 is 0 Å². The molecule has 0 aliphatic heterocycles. The van der Waals surface area contributed by atoms with Crippen molar-refractivity contribution in [1.82, 2.24) is 9.97 Å². The van der Waals surface area contributed by atoms with Gasteiger partial charge in [-0.05, 0) is 13.8 Å². The monoisotopic (exact) mass is 225 g/mol. The van der Waals surface area contributed by atoms with Gasteiger partial charge in [0.15, 0.2) is 0 Å².